The average Bonchev–Trinajstić information content (AvgIpc) is 3.24. The molecule has 172 valence electrons. The Hall–Kier alpha value is -2.55. The van der Waals surface area contributed by atoms with Crippen LogP contribution >= 0.6 is 34.9 Å². The highest BCUT2D eigenvalue weighted by Crippen LogP contribution is 2.36. The van der Waals surface area contributed by atoms with E-state index in [4.69, 9.17) is 4.74 Å². The van der Waals surface area contributed by atoms with E-state index in [1.54, 1.807) is 35.6 Å². The second kappa shape index (κ2) is 13.2. The zero-order chi connectivity index (χ0) is 23.5. The van der Waals surface area contributed by atoms with Gasteiger partial charge in [0.05, 0.1) is 9.89 Å². The molecule has 0 bridgehead atoms. The molecular formula is C25H28N4OS3. The first-order valence-electron chi connectivity index (χ1n) is 10.8. The average molecular weight is 497 g/mol. The summed E-state index contributed by atoms with van der Waals surface area (Å²) in [7, 11) is 1.73. The summed E-state index contributed by atoms with van der Waals surface area (Å²) in [5.74, 6) is 2.01. The lowest BCUT2D eigenvalue weighted by atomic mass is 10.3. The summed E-state index contributed by atoms with van der Waals surface area (Å²) in [6, 6.07) is 13.8. The molecule has 0 spiro atoms. The summed E-state index contributed by atoms with van der Waals surface area (Å²) in [6.07, 6.45) is 3.94. The van der Waals surface area contributed by atoms with Gasteiger partial charge in [0, 0.05) is 35.7 Å². The van der Waals surface area contributed by atoms with Gasteiger partial charge in [0.1, 0.15) is 5.75 Å². The van der Waals surface area contributed by atoms with Crippen LogP contribution in [0.2, 0.25) is 0 Å². The minimum absolute atomic E-state index is 0.612. The Kier molecular flexibility index (Phi) is 10.1. The van der Waals surface area contributed by atoms with E-state index in [0.29, 0.717) is 16.7 Å². The molecule has 0 saturated carbocycles. The molecule has 5 nitrogen and oxygen atoms in total. The molecule has 0 aliphatic carbocycles. The van der Waals surface area contributed by atoms with E-state index in [1.807, 2.05) is 56.4 Å². The van der Waals surface area contributed by atoms with Gasteiger partial charge in [-0.3, -0.25) is 9.98 Å². The minimum atomic E-state index is 0.612. The monoisotopic (exact) mass is 496 g/mol. The smallest absolute Gasteiger partial charge is 0.175 e. The molecule has 8 heteroatoms. The van der Waals surface area contributed by atoms with E-state index < -0.39 is 0 Å². The van der Waals surface area contributed by atoms with Crippen LogP contribution in [0.5, 0.6) is 11.5 Å². The number of thiophene rings is 1. The fraction of sp³-hybridized carbons (Fsp3) is 0.240. The number of hydrogen-bond acceptors (Lipinski definition) is 7. The predicted molar refractivity (Wildman–Crippen MR) is 145 cm³/mol. The number of benzene rings is 1. The zero-order valence-corrected chi connectivity index (χ0v) is 21.5. The molecule has 1 aromatic carbocycles. The van der Waals surface area contributed by atoms with Crippen LogP contribution in [0.4, 0.5) is 5.82 Å². The number of aliphatic imine (C=N–C) groups is 1. The number of thioether (sulfide) groups is 2. The molecule has 1 N–H and O–H groups in total. The number of fused-ring (bicyclic) bond motifs is 1. The van der Waals surface area contributed by atoms with Crippen molar-refractivity contribution in [1.82, 2.24) is 4.98 Å². The third kappa shape index (κ3) is 6.96. The van der Waals surface area contributed by atoms with Crippen LogP contribution in [-0.4, -0.2) is 23.7 Å². The number of hydrogen-bond donors (Lipinski definition) is 1. The van der Waals surface area contributed by atoms with Crippen molar-refractivity contribution in [3.63, 3.8) is 0 Å². The number of nitrogens with one attached hydrogen (secondary N) is 1. The lowest BCUT2D eigenvalue weighted by Crippen LogP contribution is -2.19. The van der Waals surface area contributed by atoms with Crippen LogP contribution < -0.4 is 19.9 Å². The van der Waals surface area contributed by atoms with Crippen LogP contribution in [-0.2, 0) is 0 Å². The fourth-order valence-electron chi connectivity index (χ4n) is 3.02. The van der Waals surface area contributed by atoms with Crippen molar-refractivity contribution >= 4 is 50.8 Å². The summed E-state index contributed by atoms with van der Waals surface area (Å²) in [5.41, 5.74) is 0. The molecule has 0 unspecified atom stereocenters. The highest BCUT2D eigenvalue weighted by atomic mass is 32.2. The molecule has 0 radical (unpaired) electrons. The lowest BCUT2D eigenvalue weighted by Gasteiger charge is -2.14. The van der Waals surface area contributed by atoms with Crippen molar-refractivity contribution < 1.29 is 4.74 Å². The highest BCUT2D eigenvalue weighted by molar-refractivity contribution is 8.16. The van der Waals surface area contributed by atoms with E-state index in [9.17, 15) is 0 Å². The van der Waals surface area contributed by atoms with E-state index >= 15 is 0 Å². The number of aromatic nitrogens is 1. The fourth-order valence-corrected chi connectivity index (χ4v) is 5.52. The van der Waals surface area contributed by atoms with Gasteiger partial charge in [0.2, 0.25) is 0 Å². The number of para-hydroxylation sites is 1. The number of ether oxygens (including phenoxy) is 1. The van der Waals surface area contributed by atoms with Crippen LogP contribution in [0, 0.1) is 0 Å². The Morgan fingerprint density at radius 2 is 2.06 bits per heavy atom. The lowest BCUT2D eigenvalue weighted by molar-refractivity contribution is 0.481. The number of rotatable bonds is 6. The molecule has 0 fully saturated rings. The van der Waals surface area contributed by atoms with Gasteiger partial charge in [-0.2, -0.15) is 0 Å². The van der Waals surface area contributed by atoms with E-state index in [-0.39, 0.29) is 0 Å². The summed E-state index contributed by atoms with van der Waals surface area (Å²) in [5, 5.41) is 8.88. The number of anilines is 1. The Labute approximate surface area is 207 Å². The second-order valence-electron chi connectivity index (χ2n) is 6.52. The summed E-state index contributed by atoms with van der Waals surface area (Å²) in [6.45, 7) is 8.63. The normalized spacial score (nSPS) is 13.1. The summed E-state index contributed by atoms with van der Waals surface area (Å²) in [4.78, 5) is 16.0. The first kappa shape index (κ1) is 25.1. The Morgan fingerprint density at radius 3 is 2.82 bits per heavy atom. The molecule has 2 aromatic heterocycles. The van der Waals surface area contributed by atoms with Crippen molar-refractivity contribution in [2.24, 2.45) is 9.98 Å². The molecule has 4 rings (SSSR count). The first-order chi connectivity index (χ1) is 16.3. The standard InChI is InChI=1S/C23H22N4OS3.C2H6/c1-3-29-23(24-2)27-22-19(28-16-8-5-4-6-9-16)14-17(15-26-22)31-20-10-7-12-25-18-11-13-30-21(18)20;1-2/h3-6,8-9,11,13-15H,1,7,10,12H2,2H3,(H,24,26,27);1-2H3. The van der Waals surface area contributed by atoms with Crippen LogP contribution in [0.15, 0.2) is 80.9 Å². The third-order valence-corrected chi connectivity index (χ3v) is 7.29. The van der Waals surface area contributed by atoms with Gasteiger partial charge in [-0.15, -0.1) is 11.3 Å². The van der Waals surface area contributed by atoms with Crippen molar-refractivity contribution in [3.8, 4) is 11.5 Å². The quantitative estimate of drug-likeness (QED) is 0.310. The van der Waals surface area contributed by atoms with Gasteiger partial charge >= 0.3 is 0 Å². The van der Waals surface area contributed by atoms with Crippen LogP contribution in [0.1, 0.15) is 26.7 Å². The second-order valence-corrected chi connectivity index (χ2v) is 9.56. The van der Waals surface area contributed by atoms with E-state index in [0.717, 1.165) is 35.4 Å². The van der Waals surface area contributed by atoms with Crippen LogP contribution in [0.3, 0.4) is 0 Å². The summed E-state index contributed by atoms with van der Waals surface area (Å²) >= 11 is 4.89. The maximum absolute atomic E-state index is 6.19. The molecule has 3 aromatic rings. The zero-order valence-electron chi connectivity index (χ0n) is 19.1. The predicted octanol–water partition coefficient (Wildman–Crippen LogP) is 6.55. The van der Waals surface area contributed by atoms with Crippen molar-refractivity contribution in [2.75, 3.05) is 18.9 Å². The SMILES string of the molecule is C=CSC(=NC)Nc1ncc(SC2=c3sccc3=NCCC2)cc1Oc1ccccc1.CC. The molecular weight excluding hydrogens is 469 g/mol. The van der Waals surface area contributed by atoms with Gasteiger partial charge in [-0.05, 0) is 41.8 Å². The third-order valence-electron chi connectivity index (χ3n) is 4.40. The molecule has 0 amide bonds. The Balaban J connectivity index is 0.00000149. The maximum atomic E-state index is 6.19. The largest absolute Gasteiger partial charge is 0.453 e. The van der Waals surface area contributed by atoms with Gasteiger partial charge in [-0.25, -0.2) is 4.98 Å². The van der Waals surface area contributed by atoms with E-state index in [2.05, 4.69) is 38.3 Å². The van der Waals surface area contributed by atoms with Crippen molar-refractivity contribution in [2.45, 2.75) is 31.6 Å². The Bertz CT molecular complexity index is 1210. The first-order valence-corrected chi connectivity index (χ1v) is 13.4. The Morgan fingerprint density at radius 1 is 1.24 bits per heavy atom. The minimum Gasteiger partial charge on any atom is -0.453 e. The number of nitrogens with zero attached hydrogens (tertiary/aromatic N) is 3. The molecule has 0 atom stereocenters. The molecule has 3 heterocycles. The van der Waals surface area contributed by atoms with Crippen LogP contribution in [0.25, 0.3) is 4.91 Å². The topological polar surface area (TPSA) is 58.9 Å². The number of amidine groups is 1. The number of pyridine rings is 1. The summed E-state index contributed by atoms with van der Waals surface area (Å²) < 4.78 is 7.45. The van der Waals surface area contributed by atoms with Gasteiger partial charge in [0.15, 0.2) is 16.7 Å². The molecule has 0 saturated heterocycles. The van der Waals surface area contributed by atoms with Gasteiger partial charge in [0.25, 0.3) is 0 Å². The maximum Gasteiger partial charge on any atom is 0.175 e. The van der Waals surface area contributed by atoms with Gasteiger partial charge < -0.3 is 10.1 Å². The molecule has 1 aliphatic heterocycles. The van der Waals surface area contributed by atoms with Crippen molar-refractivity contribution in [1.29, 1.82) is 0 Å². The molecule has 1 aliphatic rings. The van der Waals surface area contributed by atoms with Crippen molar-refractivity contribution in [3.05, 3.63) is 75.9 Å². The highest BCUT2D eigenvalue weighted by Gasteiger charge is 2.14. The van der Waals surface area contributed by atoms with E-state index in [1.165, 1.54) is 21.2 Å². The van der Waals surface area contributed by atoms with Gasteiger partial charge in [-0.1, -0.05) is 62.1 Å². The molecule has 33 heavy (non-hydrogen) atoms.